The Morgan fingerprint density at radius 2 is 1.92 bits per heavy atom. The van der Waals surface area contributed by atoms with Crippen LogP contribution in [0.2, 0.25) is 0 Å². The van der Waals surface area contributed by atoms with Gasteiger partial charge in [-0.25, -0.2) is 0 Å². The molecule has 1 atom stereocenters. The molecular weight excluding hydrogens is 146 g/mol. The molecule has 70 valence electrons. The Bertz CT molecular complexity index is 145. The molecule has 1 heteroatoms. The average molecular weight is 167 g/mol. The van der Waals surface area contributed by atoms with Crippen LogP contribution in [0.4, 0.5) is 0 Å². The standard InChI is InChI=1S/C11H21N/c1-3-9(2)11(12)10-7-5-4-6-8-10/h9-10,12H,3-8H2,1-2H3/t9-/m1/s1. The first-order valence-electron chi connectivity index (χ1n) is 5.34. The van der Waals surface area contributed by atoms with Crippen LogP contribution in [-0.4, -0.2) is 5.71 Å². The van der Waals surface area contributed by atoms with E-state index in [2.05, 4.69) is 13.8 Å². The molecule has 0 aromatic carbocycles. The van der Waals surface area contributed by atoms with Gasteiger partial charge >= 0.3 is 0 Å². The van der Waals surface area contributed by atoms with E-state index in [0.29, 0.717) is 11.8 Å². The third-order valence-corrected chi connectivity index (χ3v) is 3.19. The van der Waals surface area contributed by atoms with Crippen molar-refractivity contribution in [3.8, 4) is 0 Å². The summed E-state index contributed by atoms with van der Waals surface area (Å²) in [6.07, 6.45) is 7.79. The van der Waals surface area contributed by atoms with E-state index in [1.807, 2.05) is 0 Å². The van der Waals surface area contributed by atoms with Crippen LogP contribution >= 0.6 is 0 Å². The largest absolute Gasteiger partial charge is 0.309 e. The second kappa shape index (κ2) is 4.64. The first-order chi connectivity index (χ1) is 5.75. The zero-order valence-electron chi connectivity index (χ0n) is 8.40. The fourth-order valence-corrected chi connectivity index (χ4v) is 2.04. The number of nitrogens with one attached hydrogen (secondary N) is 1. The third kappa shape index (κ3) is 2.33. The molecule has 1 nitrogen and oxygen atoms in total. The zero-order valence-corrected chi connectivity index (χ0v) is 8.40. The van der Waals surface area contributed by atoms with Crippen molar-refractivity contribution in [1.29, 1.82) is 5.41 Å². The Morgan fingerprint density at radius 1 is 1.33 bits per heavy atom. The molecule has 0 amide bonds. The summed E-state index contributed by atoms with van der Waals surface area (Å²) < 4.78 is 0. The molecule has 0 saturated heterocycles. The molecule has 0 heterocycles. The molecule has 0 radical (unpaired) electrons. The Morgan fingerprint density at radius 3 is 2.42 bits per heavy atom. The Labute approximate surface area is 76.1 Å². The molecule has 12 heavy (non-hydrogen) atoms. The molecule has 1 rings (SSSR count). The van der Waals surface area contributed by atoms with Crippen LogP contribution in [0.5, 0.6) is 0 Å². The van der Waals surface area contributed by atoms with Gasteiger partial charge in [-0.2, -0.15) is 0 Å². The Balaban J connectivity index is 2.39. The van der Waals surface area contributed by atoms with Gasteiger partial charge in [-0.05, 0) is 31.1 Å². The summed E-state index contributed by atoms with van der Waals surface area (Å²) >= 11 is 0. The fraction of sp³-hybridized carbons (Fsp3) is 0.909. The molecule has 1 saturated carbocycles. The van der Waals surface area contributed by atoms with E-state index in [0.717, 1.165) is 12.1 Å². The van der Waals surface area contributed by atoms with Crippen LogP contribution in [0, 0.1) is 17.2 Å². The molecule has 0 bridgehead atoms. The number of hydrogen-bond donors (Lipinski definition) is 1. The lowest BCUT2D eigenvalue weighted by atomic mass is 9.81. The van der Waals surface area contributed by atoms with Crippen LogP contribution in [-0.2, 0) is 0 Å². The van der Waals surface area contributed by atoms with E-state index in [1.165, 1.54) is 32.1 Å². The van der Waals surface area contributed by atoms with Crippen molar-refractivity contribution >= 4 is 5.71 Å². The van der Waals surface area contributed by atoms with Crippen LogP contribution in [0.25, 0.3) is 0 Å². The summed E-state index contributed by atoms with van der Waals surface area (Å²) in [4.78, 5) is 0. The minimum absolute atomic E-state index is 0.521. The smallest absolute Gasteiger partial charge is 0.0148 e. The van der Waals surface area contributed by atoms with Crippen molar-refractivity contribution in [3.05, 3.63) is 0 Å². The molecule has 0 aromatic rings. The summed E-state index contributed by atoms with van der Waals surface area (Å²) in [6, 6.07) is 0. The van der Waals surface area contributed by atoms with Gasteiger partial charge in [0.1, 0.15) is 0 Å². The maximum absolute atomic E-state index is 7.99. The van der Waals surface area contributed by atoms with Gasteiger partial charge in [-0.3, -0.25) is 0 Å². The lowest BCUT2D eigenvalue weighted by molar-refractivity contribution is 0.424. The summed E-state index contributed by atoms with van der Waals surface area (Å²) in [7, 11) is 0. The minimum Gasteiger partial charge on any atom is -0.309 e. The van der Waals surface area contributed by atoms with Gasteiger partial charge < -0.3 is 5.41 Å². The van der Waals surface area contributed by atoms with Crippen molar-refractivity contribution in [2.45, 2.75) is 52.4 Å². The monoisotopic (exact) mass is 167 g/mol. The third-order valence-electron chi connectivity index (χ3n) is 3.19. The van der Waals surface area contributed by atoms with E-state index in [4.69, 9.17) is 5.41 Å². The molecule has 0 aromatic heterocycles. The van der Waals surface area contributed by atoms with Crippen LogP contribution in [0.15, 0.2) is 0 Å². The first-order valence-corrected chi connectivity index (χ1v) is 5.34. The second-order valence-electron chi connectivity index (χ2n) is 4.10. The molecule has 1 aliphatic rings. The SMILES string of the molecule is CC[C@@H](C)C(=N)C1CCCCC1. The van der Waals surface area contributed by atoms with E-state index < -0.39 is 0 Å². The van der Waals surface area contributed by atoms with Gasteiger partial charge in [-0.1, -0.05) is 33.1 Å². The fourth-order valence-electron chi connectivity index (χ4n) is 2.04. The summed E-state index contributed by atoms with van der Waals surface area (Å²) in [5.41, 5.74) is 1.03. The molecule has 1 aliphatic carbocycles. The number of hydrogen-bond acceptors (Lipinski definition) is 1. The van der Waals surface area contributed by atoms with Crippen LogP contribution < -0.4 is 0 Å². The van der Waals surface area contributed by atoms with Crippen molar-refractivity contribution in [2.24, 2.45) is 11.8 Å². The summed E-state index contributed by atoms with van der Waals surface area (Å²) in [5, 5.41) is 7.99. The highest BCUT2D eigenvalue weighted by atomic mass is 14.5. The summed E-state index contributed by atoms with van der Waals surface area (Å²) in [6.45, 7) is 4.37. The highest BCUT2D eigenvalue weighted by molar-refractivity contribution is 5.85. The van der Waals surface area contributed by atoms with Gasteiger partial charge in [-0.15, -0.1) is 0 Å². The van der Waals surface area contributed by atoms with Crippen LogP contribution in [0.3, 0.4) is 0 Å². The maximum Gasteiger partial charge on any atom is 0.0148 e. The predicted octanol–water partition coefficient (Wildman–Crippen LogP) is 3.63. The van der Waals surface area contributed by atoms with Crippen molar-refractivity contribution in [1.82, 2.24) is 0 Å². The molecular formula is C11H21N. The van der Waals surface area contributed by atoms with Gasteiger partial charge in [0.2, 0.25) is 0 Å². The van der Waals surface area contributed by atoms with Gasteiger partial charge in [0.15, 0.2) is 0 Å². The van der Waals surface area contributed by atoms with Crippen molar-refractivity contribution < 1.29 is 0 Å². The van der Waals surface area contributed by atoms with Crippen molar-refractivity contribution in [3.63, 3.8) is 0 Å². The van der Waals surface area contributed by atoms with Gasteiger partial charge in [0.05, 0.1) is 0 Å². The highest BCUT2D eigenvalue weighted by Gasteiger charge is 2.20. The summed E-state index contributed by atoms with van der Waals surface area (Å²) in [5.74, 6) is 1.15. The average Bonchev–Trinajstić information content (AvgIpc) is 2.17. The Kier molecular flexibility index (Phi) is 3.77. The highest BCUT2D eigenvalue weighted by Crippen LogP contribution is 2.27. The Hall–Kier alpha value is -0.330. The van der Waals surface area contributed by atoms with Crippen molar-refractivity contribution in [2.75, 3.05) is 0 Å². The zero-order chi connectivity index (χ0) is 8.97. The topological polar surface area (TPSA) is 23.9 Å². The molecule has 1 N–H and O–H groups in total. The molecule has 1 fully saturated rings. The lowest BCUT2D eigenvalue weighted by Gasteiger charge is -2.25. The minimum atomic E-state index is 0.521. The number of rotatable bonds is 3. The van der Waals surface area contributed by atoms with Crippen LogP contribution in [0.1, 0.15) is 52.4 Å². The molecule has 0 unspecified atom stereocenters. The lowest BCUT2D eigenvalue weighted by Crippen LogP contribution is -2.22. The quantitative estimate of drug-likeness (QED) is 0.621. The van der Waals surface area contributed by atoms with Gasteiger partial charge in [0.25, 0.3) is 0 Å². The molecule has 0 spiro atoms. The molecule has 0 aliphatic heterocycles. The maximum atomic E-state index is 7.99. The second-order valence-corrected chi connectivity index (χ2v) is 4.10. The van der Waals surface area contributed by atoms with E-state index in [-0.39, 0.29) is 0 Å². The first kappa shape index (κ1) is 9.76. The predicted molar refractivity (Wildman–Crippen MR) is 53.8 cm³/mol. The van der Waals surface area contributed by atoms with E-state index in [9.17, 15) is 0 Å². The normalized spacial score (nSPS) is 22.2. The van der Waals surface area contributed by atoms with E-state index in [1.54, 1.807) is 0 Å². The van der Waals surface area contributed by atoms with E-state index >= 15 is 0 Å². The van der Waals surface area contributed by atoms with Gasteiger partial charge in [0, 0.05) is 5.71 Å².